The van der Waals surface area contributed by atoms with Crippen LogP contribution in [0.5, 0.6) is 0 Å². The molecule has 1 aromatic rings. The minimum atomic E-state index is -0.234. The number of carbonyl (C=O) groups excluding carboxylic acids is 2. The molecule has 29 heavy (non-hydrogen) atoms. The molecule has 0 fully saturated rings. The third-order valence-electron chi connectivity index (χ3n) is 4.37. The molecule has 0 aliphatic rings. The van der Waals surface area contributed by atoms with E-state index in [1.54, 1.807) is 0 Å². The van der Waals surface area contributed by atoms with E-state index in [4.69, 9.17) is 0 Å². The lowest BCUT2D eigenvalue weighted by atomic mass is 10.2. The molecule has 0 radical (unpaired) electrons. The third-order valence-corrected chi connectivity index (χ3v) is 7.64. The zero-order valence-corrected chi connectivity index (χ0v) is 21.7. The van der Waals surface area contributed by atoms with E-state index in [2.05, 4.69) is 10.2 Å². The van der Waals surface area contributed by atoms with Crippen LogP contribution < -0.4 is 0 Å². The van der Waals surface area contributed by atoms with E-state index in [1.807, 2.05) is 79.0 Å². The quantitative estimate of drug-likeness (QED) is 0.468. The van der Waals surface area contributed by atoms with Crippen LogP contribution in [-0.2, 0) is 9.59 Å². The fraction of sp³-hybridized carbons (Fsp3) is 0.800. The third kappa shape index (κ3) is 7.43. The molecule has 2 amide bonds. The first kappa shape index (κ1) is 26.2. The molecule has 9 heteroatoms. The molecule has 0 saturated heterocycles. The van der Waals surface area contributed by atoms with Crippen molar-refractivity contribution in [3.63, 3.8) is 0 Å². The van der Waals surface area contributed by atoms with Gasteiger partial charge in [-0.2, -0.15) is 0 Å². The normalized spacial score (nSPS) is 14.0. The molecule has 0 spiro atoms. The molecule has 0 aliphatic heterocycles. The molecule has 0 aromatic carbocycles. The Morgan fingerprint density at radius 1 is 0.655 bits per heavy atom. The average Bonchev–Trinajstić information content (AvgIpc) is 3.00. The summed E-state index contributed by atoms with van der Waals surface area (Å²) in [6.07, 6.45) is 0. The number of carbonyl (C=O) groups is 2. The van der Waals surface area contributed by atoms with Crippen LogP contribution in [0.15, 0.2) is 8.68 Å². The van der Waals surface area contributed by atoms with Crippen molar-refractivity contribution in [1.29, 1.82) is 0 Å². The lowest BCUT2D eigenvalue weighted by Gasteiger charge is -2.32. The number of aromatic nitrogens is 2. The molecule has 2 unspecified atom stereocenters. The van der Waals surface area contributed by atoms with Gasteiger partial charge < -0.3 is 9.80 Å². The predicted octanol–water partition coefficient (Wildman–Crippen LogP) is 4.79. The van der Waals surface area contributed by atoms with E-state index in [0.29, 0.717) is 0 Å². The van der Waals surface area contributed by atoms with Gasteiger partial charge in [-0.05, 0) is 69.2 Å². The van der Waals surface area contributed by atoms with Crippen molar-refractivity contribution >= 4 is 46.7 Å². The highest BCUT2D eigenvalue weighted by Crippen LogP contribution is 2.34. The Hall–Kier alpha value is -0.800. The maximum absolute atomic E-state index is 12.8. The summed E-state index contributed by atoms with van der Waals surface area (Å²) in [6.45, 7) is 20.1. The Labute approximate surface area is 188 Å². The van der Waals surface area contributed by atoms with Crippen molar-refractivity contribution in [2.75, 3.05) is 0 Å². The largest absolute Gasteiger partial charge is 0.337 e. The van der Waals surface area contributed by atoms with Gasteiger partial charge >= 0.3 is 0 Å². The van der Waals surface area contributed by atoms with Gasteiger partial charge in [0.2, 0.25) is 11.8 Å². The van der Waals surface area contributed by atoms with Gasteiger partial charge in [0, 0.05) is 24.2 Å². The van der Waals surface area contributed by atoms with Gasteiger partial charge in [-0.1, -0.05) is 34.9 Å². The van der Waals surface area contributed by atoms with Crippen molar-refractivity contribution in [2.24, 2.45) is 0 Å². The Balaban J connectivity index is 2.77. The zero-order valence-electron chi connectivity index (χ0n) is 19.3. The molecule has 1 aromatic heterocycles. The number of nitrogens with zero attached hydrogens (tertiary/aromatic N) is 4. The van der Waals surface area contributed by atoms with Gasteiger partial charge in [0.1, 0.15) is 0 Å². The van der Waals surface area contributed by atoms with Crippen LogP contribution in [0, 0.1) is 0 Å². The van der Waals surface area contributed by atoms with Gasteiger partial charge in [-0.25, -0.2) is 0 Å². The topological polar surface area (TPSA) is 66.4 Å². The lowest BCUT2D eigenvalue weighted by Crippen LogP contribution is -2.45. The number of rotatable bonds is 10. The molecule has 2 atom stereocenters. The number of hydrogen-bond acceptors (Lipinski definition) is 7. The first-order valence-electron chi connectivity index (χ1n) is 10.2. The summed E-state index contributed by atoms with van der Waals surface area (Å²) in [5.41, 5.74) is 0. The number of amides is 2. The van der Waals surface area contributed by atoms with Crippen molar-refractivity contribution in [1.82, 2.24) is 20.0 Å². The number of hydrogen-bond donors (Lipinski definition) is 0. The van der Waals surface area contributed by atoms with Crippen LogP contribution in [0.4, 0.5) is 0 Å². The lowest BCUT2D eigenvalue weighted by molar-refractivity contribution is -0.134. The summed E-state index contributed by atoms with van der Waals surface area (Å²) in [4.78, 5) is 29.4. The van der Waals surface area contributed by atoms with Crippen molar-refractivity contribution in [3.8, 4) is 0 Å². The molecule has 1 rings (SSSR count). The second kappa shape index (κ2) is 11.6. The Bertz CT molecular complexity index is 606. The highest BCUT2D eigenvalue weighted by Gasteiger charge is 2.28. The Kier molecular flexibility index (Phi) is 10.5. The fourth-order valence-corrected chi connectivity index (χ4v) is 6.75. The van der Waals surface area contributed by atoms with Crippen LogP contribution in [-0.4, -0.2) is 66.5 Å². The SMILES string of the molecule is CC(Sc1nnc(SC(C)C(=O)N(C(C)C)C(C)C)s1)C(=O)N(C(C)C)C(C)C. The summed E-state index contributed by atoms with van der Waals surface area (Å²) < 4.78 is 1.51. The van der Waals surface area contributed by atoms with Gasteiger partial charge in [-0.15, -0.1) is 10.2 Å². The maximum atomic E-state index is 12.8. The van der Waals surface area contributed by atoms with E-state index in [9.17, 15) is 9.59 Å². The summed E-state index contributed by atoms with van der Waals surface area (Å²) in [7, 11) is 0. The van der Waals surface area contributed by atoms with Crippen molar-refractivity contribution < 1.29 is 9.59 Å². The Morgan fingerprint density at radius 3 is 1.17 bits per heavy atom. The van der Waals surface area contributed by atoms with Crippen LogP contribution in [0.1, 0.15) is 69.2 Å². The highest BCUT2D eigenvalue weighted by atomic mass is 32.2. The van der Waals surface area contributed by atoms with E-state index < -0.39 is 0 Å². The first-order chi connectivity index (χ1) is 13.4. The molecular formula is C20H36N4O2S3. The standard InChI is InChI=1S/C20H36N4O2S3/c1-11(2)23(12(3)4)17(25)15(9)27-19-21-22-20(29-19)28-16(10)18(26)24(13(5)6)14(7)8/h11-16H,1-10H3. The second-order valence-electron chi connectivity index (χ2n) is 8.22. The van der Waals surface area contributed by atoms with E-state index >= 15 is 0 Å². The fourth-order valence-electron chi connectivity index (χ4n) is 3.33. The van der Waals surface area contributed by atoms with Crippen LogP contribution >= 0.6 is 34.9 Å². The molecule has 0 N–H and O–H groups in total. The van der Waals surface area contributed by atoms with Gasteiger partial charge in [0.05, 0.1) is 10.5 Å². The molecule has 0 saturated carbocycles. The van der Waals surface area contributed by atoms with Crippen LogP contribution in [0.25, 0.3) is 0 Å². The summed E-state index contributed by atoms with van der Waals surface area (Å²) in [6, 6.07) is 0.622. The molecule has 1 heterocycles. The van der Waals surface area contributed by atoms with Gasteiger partial charge in [-0.3, -0.25) is 9.59 Å². The van der Waals surface area contributed by atoms with Gasteiger partial charge in [0.25, 0.3) is 0 Å². The molecule has 0 aliphatic carbocycles. The predicted molar refractivity (Wildman–Crippen MR) is 125 cm³/mol. The zero-order chi connectivity index (χ0) is 22.5. The summed E-state index contributed by atoms with van der Waals surface area (Å²) in [5, 5.41) is 7.99. The Morgan fingerprint density at radius 2 is 0.931 bits per heavy atom. The summed E-state index contributed by atoms with van der Waals surface area (Å²) in [5.74, 6) is 0.218. The minimum Gasteiger partial charge on any atom is -0.337 e. The van der Waals surface area contributed by atoms with Crippen molar-refractivity contribution in [2.45, 2.75) is 113 Å². The van der Waals surface area contributed by atoms with Crippen LogP contribution in [0.2, 0.25) is 0 Å². The summed E-state index contributed by atoms with van der Waals surface area (Å²) >= 11 is 4.31. The molecule has 6 nitrogen and oxygen atoms in total. The number of thioether (sulfide) groups is 2. The average molecular weight is 461 g/mol. The maximum Gasteiger partial charge on any atom is 0.236 e. The molecule has 166 valence electrons. The minimum absolute atomic E-state index is 0.109. The van der Waals surface area contributed by atoms with E-state index in [1.165, 1.54) is 34.9 Å². The first-order valence-corrected chi connectivity index (χ1v) is 12.8. The van der Waals surface area contributed by atoms with Crippen LogP contribution in [0.3, 0.4) is 0 Å². The van der Waals surface area contributed by atoms with Gasteiger partial charge in [0.15, 0.2) is 8.68 Å². The molecular weight excluding hydrogens is 424 g/mol. The van der Waals surface area contributed by atoms with E-state index in [-0.39, 0.29) is 46.5 Å². The second-order valence-corrected chi connectivity index (χ2v) is 12.4. The smallest absolute Gasteiger partial charge is 0.236 e. The highest BCUT2D eigenvalue weighted by molar-refractivity contribution is 8.04. The van der Waals surface area contributed by atoms with E-state index in [0.717, 1.165) is 8.68 Å². The molecule has 0 bridgehead atoms. The van der Waals surface area contributed by atoms with Crippen molar-refractivity contribution in [3.05, 3.63) is 0 Å². The monoisotopic (exact) mass is 460 g/mol.